The van der Waals surface area contributed by atoms with Gasteiger partial charge in [-0.15, -0.1) is 0 Å². The topological polar surface area (TPSA) is 108 Å². The Balaban J connectivity index is 1.42. The normalized spacial score (nSPS) is 28.0. The molecule has 3 amide bonds. The van der Waals surface area contributed by atoms with Crippen molar-refractivity contribution in [3.63, 3.8) is 0 Å². The Kier molecular flexibility index (Phi) is 7.79. The van der Waals surface area contributed by atoms with Crippen molar-refractivity contribution in [2.24, 2.45) is 11.8 Å². The third-order valence-electron chi connectivity index (χ3n) is 9.62. The van der Waals surface area contributed by atoms with Crippen LogP contribution in [0.25, 0.3) is 0 Å². The van der Waals surface area contributed by atoms with Gasteiger partial charge in [0.15, 0.2) is 0 Å². The van der Waals surface area contributed by atoms with Crippen molar-refractivity contribution in [2.45, 2.75) is 62.9 Å². The number of fused-ring (bicyclic) bond motifs is 1. The molecule has 3 saturated heterocycles. The van der Waals surface area contributed by atoms with E-state index in [1.165, 1.54) is 4.90 Å². The van der Waals surface area contributed by atoms with Crippen LogP contribution in [0.4, 0.5) is 5.69 Å². The van der Waals surface area contributed by atoms with Crippen LogP contribution in [0.5, 0.6) is 0 Å². The number of nitrogens with zero attached hydrogens (tertiary/aromatic N) is 1. The summed E-state index contributed by atoms with van der Waals surface area (Å²) in [4.78, 5) is 44.5. The maximum atomic E-state index is 14.6. The Morgan fingerprint density at radius 2 is 1.72 bits per heavy atom. The summed E-state index contributed by atoms with van der Waals surface area (Å²) in [5.41, 5.74) is 0.725. The smallest absolute Gasteiger partial charge is 0.250 e. The van der Waals surface area contributed by atoms with Gasteiger partial charge in [0.25, 0.3) is 0 Å². The van der Waals surface area contributed by atoms with E-state index in [1.54, 1.807) is 12.1 Å². The van der Waals surface area contributed by atoms with Crippen LogP contribution in [-0.2, 0) is 25.7 Å². The summed E-state index contributed by atoms with van der Waals surface area (Å²) in [6.45, 7) is 3.71. The number of amides is 3. The Labute approximate surface area is 256 Å². The number of aryl methyl sites for hydroxylation is 1. The van der Waals surface area contributed by atoms with E-state index in [2.05, 4.69) is 10.6 Å². The van der Waals surface area contributed by atoms with Gasteiger partial charge in [-0.3, -0.25) is 14.4 Å². The first-order valence-electron chi connectivity index (χ1n) is 14.8. The molecule has 8 nitrogen and oxygen atoms in total. The number of hydrogen-bond acceptors (Lipinski definition) is 5. The molecule has 224 valence electrons. The van der Waals surface area contributed by atoms with Crippen LogP contribution in [0, 0.1) is 18.8 Å². The maximum absolute atomic E-state index is 14.6. The van der Waals surface area contributed by atoms with Crippen LogP contribution in [-0.4, -0.2) is 51.6 Å². The lowest BCUT2D eigenvalue weighted by atomic mass is 9.65. The second-order valence-corrected chi connectivity index (χ2v) is 12.2. The fourth-order valence-corrected chi connectivity index (χ4v) is 7.86. The summed E-state index contributed by atoms with van der Waals surface area (Å²) in [6, 6.07) is 22.2. The summed E-state index contributed by atoms with van der Waals surface area (Å²) in [5, 5.41) is 17.1. The first kappa shape index (κ1) is 29.4. The van der Waals surface area contributed by atoms with Crippen molar-refractivity contribution < 1.29 is 24.2 Å². The highest BCUT2D eigenvalue weighted by Gasteiger charge is 2.79. The van der Waals surface area contributed by atoms with E-state index < -0.39 is 47.6 Å². The zero-order valence-electron chi connectivity index (χ0n) is 24.3. The highest BCUT2D eigenvalue weighted by atomic mass is 35.5. The number of aliphatic hydroxyl groups excluding tert-OH is 1. The largest absolute Gasteiger partial charge is 0.394 e. The highest BCUT2D eigenvalue weighted by molar-refractivity contribution is 6.34. The number of ether oxygens (including phenoxy) is 1. The summed E-state index contributed by atoms with van der Waals surface area (Å²) in [6.07, 6.45) is 1.49. The van der Waals surface area contributed by atoms with Crippen molar-refractivity contribution in [3.8, 4) is 0 Å². The number of hydrogen-bond donors (Lipinski definition) is 3. The summed E-state index contributed by atoms with van der Waals surface area (Å²) < 4.78 is 6.87. The van der Waals surface area contributed by atoms with Crippen molar-refractivity contribution in [1.29, 1.82) is 0 Å². The van der Waals surface area contributed by atoms with Gasteiger partial charge in [-0.2, -0.15) is 0 Å². The summed E-state index contributed by atoms with van der Waals surface area (Å²) >= 11 is 6.49. The molecule has 0 aromatic heterocycles. The second-order valence-electron chi connectivity index (χ2n) is 11.8. The van der Waals surface area contributed by atoms with Gasteiger partial charge in [-0.1, -0.05) is 91.3 Å². The zero-order valence-corrected chi connectivity index (χ0v) is 25.0. The lowest BCUT2D eigenvalue weighted by molar-refractivity contribution is -0.149. The molecule has 0 radical (unpaired) electrons. The maximum Gasteiger partial charge on any atom is 0.250 e. The predicted molar refractivity (Wildman–Crippen MR) is 163 cm³/mol. The van der Waals surface area contributed by atoms with Crippen molar-refractivity contribution in [3.05, 3.63) is 101 Å². The molecular weight excluding hydrogens is 566 g/mol. The van der Waals surface area contributed by atoms with E-state index in [4.69, 9.17) is 16.3 Å². The van der Waals surface area contributed by atoms with Gasteiger partial charge in [0.2, 0.25) is 17.7 Å². The molecule has 6 atom stereocenters. The van der Waals surface area contributed by atoms with Crippen LogP contribution in [0.1, 0.15) is 48.9 Å². The van der Waals surface area contributed by atoms with Gasteiger partial charge in [0.1, 0.15) is 11.6 Å². The number of rotatable bonds is 9. The van der Waals surface area contributed by atoms with Crippen LogP contribution >= 0.6 is 11.6 Å². The number of carbonyl (C=O) groups excluding carboxylic acids is 3. The first-order valence-corrected chi connectivity index (χ1v) is 15.2. The van der Waals surface area contributed by atoms with E-state index in [9.17, 15) is 19.5 Å². The van der Waals surface area contributed by atoms with Gasteiger partial charge in [-0.25, -0.2) is 0 Å². The number of para-hydroxylation sites is 1. The lowest BCUT2D eigenvalue weighted by Gasteiger charge is -2.37. The molecule has 43 heavy (non-hydrogen) atoms. The van der Waals surface area contributed by atoms with Crippen molar-refractivity contribution in [2.75, 3.05) is 11.9 Å². The van der Waals surface area contributed by atoms with Crippen molar-refractivity contribution >= 4 is 35.0 Å². The zero-order chi connectivity index (χ0) is 30.4. The van der Waals surface area contributed by atoms with Gasteiger partial charge >= 0.3 is 0 Å². The lowest BCUT2D eigenvalue weighted by Crippen LogP contribution is -2.54. The van der Waals surface area contributed by atoms with Crippen LogP contribution in [0.15, 0.2) is 78.9 Å². The monoisotopic (exact) mass is 601 g/mol. The average molecular weight is 602 g/mol. The quantitative estimate of drug-likeness (QED) is 0.327. The third kappa shape index (κ3) is 4.72. The molecule has 0 aliphatic carbocycles. The SMILES string of the molecule is CC[C@]12CCC3(O1)C(C(=O)Nc1c(C)cccc1Cl)N([C@H](CO)c1ccccc1)C(=O)[C@@H]3[C@H]2C(=O)NCc1ccccc1. The van der Waals surface area contributed by atoms with E-state index >= 15 is 0 Å². The number of anilines is 1. The number of likely N-dealkylation sites (tertiary alicyclic amines) is 1. The molecule has 0 saturated carbocycles. The predicted octanol–water partition coefficient (Wildman–Crippen LogP) is 4.79. The molecular formula is C34H36ClN3O5. The Morgan fingerprint density at radius 1 is 1.02 bits per heavy atom. The van der Waals surface area contributed by atoms with E-state index in [-0.39, 0.29) is 11.8 Å². The van der Waals surface area contributed by atoms with E-state index in [0.717, 1.165) is 11.1 Å². The number of aliphatic hydroxyl groups is 1. The Morgan fingerprint density at radius 3 is 2.37 bits per heavy atom. The molecule has 3 aromatic rings. The number of benzene rings is 3. The fourth-order valence-electron chi connectivity index (χ4n) is 7.60. The molecule has 1 spiro atoms. The minimum absolute atomic E-state index is 0.270. The summed E-state index contributed by atoms with van der Waals surface area (Å²) in [7, 11) is 0. The molecule has 2 bridgehead atoms. The van der Waals surface area contributed by atoms with Crippen LogP contribution in [0.2, 0.25) is 5.02 Å². The minimum atomic E-state index is -1.25. The van der Waals surface area contributed by atoms with Gasteiger partial charge < -0.3 is 25.4 Å². The van der Waals surface area contributed by atoms with Crippen molar-refractivity contribution in [1.82, 2.24) is 10.2 Å². The molecule has 3 N–H and O–H groups in total. The van der Waals surface area contributed by atoms with Crippen LogP contribution in [0.3, 0.4) is 0 Å². The van der Waals surface area contributed by atoms with E-state index in [1.807, 2.05) is 80.6 Å². The summed E-state index contributed by atoms with van der Waals surface area (Å²) in [5.74, 6) is -2.78. The Hall–Kier alpha value is -3.72. The van der Waals surface area contributed by atoms with Gasteiger partial charge in [0.05, 0.1) is 40.8 Å². The van der Waals surface area contributed by atoms with Gasteiger partial charge in [0, 0.05) is 6.54 Å². The first-order chi connectivity index (χ1) is 20.8. The standard InChI is InChI=1S/C34H36ClN3O5/c1-3-33-17-18-34(43-33)27(26(33)30(40)36-19-22-12-6-4-7-13-22)32(42)38(25(20-39)23-14-8-5-9-15-23)29(34)31(41)37-28-21(2)11-10-16-24(28)35/h4-16,25-27,29,39H,3,17-20H2,1-2H3,(H,36,40)(H,37,41)/t25-,26+,27+,29?,33-,34?/m1/s1. The van der Waals surface area contributed by atoms with E-state index in [0.29, 0.717) is 42.1 Å². The van der Waals surface area contributed by atoms with Crippen LogP contribution < -0.4 is 10.6 Å². The number of halogens is 1. The molecule has 2 unspecified atom stereocenters. The minimum Gasteiger partial charge on any atom is -0.394 e. The molecule has 3 aromatic carbocycles. The second kappa shape index (κ2) is 11.4. The third-order valence-corrected chi connectivity index (χ3v) is 9.94. The highest BCUT2D eigenvalue weighted by Crippen LogP contribution is 2.65. The number of carbonyl (C=O) groups is 3. The van der Waals surface area contributed by atoms with Gasteiger partial charge in [-0.05, 0) is 48.9 Å². The average Bonchev–Trinajstić information content (AvgIpc) is 3.63. The molecule has 3 fully saturated rings. The molecule has 9 heteroatoms. The Bertz CT molecular complexity index is 1520. The molecule has 6 rings (SSSR count). The number of nitrogens with one attached hydrogen (secondary N) is 2. The fraction of sp³-hybridized carbons (Fsp3) is 0.382. The molecule has 3 aliphatic rings. The molecule has 3 aliphatic heterocycles. The molecule has 3 heterocycles.